The van der Waals surface area contributed by atoms with E-state index in [2.05, 4.69) is 19.7 Å². The van der Waals surface area contributed by atoms with E-state index in [1.807, 2.05) is 19.1 Å². The highest BCUT2D eigenvalue weighted by Gasteiger charge is 2.28. The molecule has 3 N–H and O–H groups in total. The molecule has 1 fully saturated rings. The molecule has 162 valence electrons. The highest BCUT2D eigenvalue weighted by atomic mass is 32.2. The van der Waals surface area contributed by atoms with E-state index in [-0.39, 0.29) is 29.9 Å². The lowest BCUT2D eigenvalue weighted by Crippen LogP contribution is -2.30. The topological polar surface area (TPSA) is 133 Å². The second kappa shape index (κ2) is 7.57. The Bertz CT molecular complexity index is 1310. The number of aromatic nitrogens is 4. The summed E-state index contributed by atoms with van der Waals surface area (Å²) in [7, 11) is -3.41. The first kappa shape index (κ1) is 20.4. The summed E-state index contributed by atoms with van der Waals surface area (Å²) >= 11 is 1.38. The average molecular weight is 459 g/mol. The van der Waals surface area contributed by atoms with Crippen molar-refractivity contribution in [3.63, 3.8) is 0 Å². The summed E-state index contributed by atoms with van der Waals surface area (Å²) in [5.41, 5.74) is 9.80. The van der Waals surface area contributed by atoms with E-state index >= 15 is 0 Å². The Hall–Kier alpha value is -2.50. The standard InChI is InChI=1S/C20H22N6O3S2/c1-11-8-12-2-5-15(27)14(12)9-16(11)30-20-24-17-18(21)22-10-23-19(17)26(20)6-7-31(28,29)25-13-3-4-13/h8-10,13,25H,2-7H2,1H3,(H2,21,22,23). The van der Waals surface area contributed by atoms with Gasteiger partial charge in [0.25, 0.3) is 0 Å². The quantitative estimate of drug-likeness (QED) is 0.550. The molecule has 11 heteroatoms. The third-order valence-electron chi connectivity index (χ3n) is 5.56. The van der Waals surface area contributed by atoms with Gasteiger partial charge < -0.3 is 10.3 Å². The van der Waals surface area contributed by atoms with Crippen molar-refractivity contribution < 1.29 is 13.2 Å². The van der Waals surface area contributed by atoms with Crippen LogP contribution < -0.4 is 10.5 Å². The molecule has 1 aromatic carbocycles. The first-order valence-corrected chi connectivity index (χ1v) is 12.6. The van der Waals surface area contributed by atoms with Crippen molar-refractivity contribution in [2.24, 2.45) is 0 Å². The third kappa shape index (κ3) is 4.04. The molecule has 0 atom stereocenters. The smallest absolute Gasteiger partial charge is 0.213 e. The molecule has 31 heavy (non-hydrogen) atoms. The molecule has 9 nitrogen and oxygen atoms in total. The van der Waals surface area contributed by atoms with Crippen LogP contribution in [0.4, 0.5) is 5.82 Å². The molecule has 2 aromatic heterocycles. The Morgan fingerprint density at radius 3 is 2.84 bits per heavy atom. The maximum Gasteiger partial charge on any atom is 0.213 e. The van der Waals surface area contributed by atoms with Gasteiger partial charge >= 0.3 is 0 Å². The zero-order valence-corrected chi connectivity index (χ0v) is 18.6. The molecule has 0 aliphatic heterocycles. The number of hydrogen-bond acceptors (Lipinski definition) is 8. The van der Waals surface area contributed by atoms with E-state index in [0.29, 0.717) is 22.7 Å². The highest BCUT2D eigenvalue weighted by Crippen LogP contribution is 2.36. The Morgan fingerprint density at radius 1 is 1.26 bits per heavy atom. The lowest BCUT2D eigenvalue weighted by Gasteiger charge is -2.11. The van der Waals surface area contributed by atoms with E-state index in [0.717, 1.165) is 40.8 Å². The number of anilines is 1. The van der Waals surface area contributed by atoms with Gasteiger partial charge in [-0.05, 0) is 43.4 Å². The first-order valence-electron chi connectivity index (χ1n) is 10.1. The van der Waals surface area contributed by atoms with Gasteiger partial charge in [0.05, 0.1) is 5.75 Å². The van der Waals surface area contributed by atoms with E-state index in [1.54, 1.807) is 4.57 Å². The Kier molecular flexibility index (Phi) is 4.98. The van der Waals surface area contributed by atoms with Crippen molar-refractivity contribution in [3.05, 3.63) is 35.2 Å². The summed E-state index contributed by atoms with van der Waals surface area (Å²) in [5.74, 6) is 0.303. The predicted molar refractivity (Wildman–Crippen MR) is 118 cm³/mol. The fourth-order valence-corrected chi connectivity index (χ4v) is 6.05. The molecule has 3 aromatic rings. The monoisotopic (exact) mass is 458 g/mol. The largest absolute Gasteiger partial charge is 0.382 e. The molecule has 5 rings (SSSR count). The summed E-state index contributed by atoms with van der Waals surface area (Å²) in [4.78, 5) is 26.0. The number of Topliss-reactive ketones (excluding diaryl/α,β-unsaturated/α-hetero) is 1. The van der Waals surface area contributed by atoms with Crippen LogP contribution in [0.2, 0.25) is 0 Å². The van der Waals surface area contributed by atoms with Crippen molar-refractivity contribution in [3.8, 4) is 0 Å². The van der Waals surface area contributed by atoms with E-state index in [9.17, 15) is 13.2 Å². The van der Waals surface area contributed by atoms with Gasteiger partial charge in [-0.3, -0.25) is 4.79 Å². The van der Waals surface area contributed by atoms with Crippen LogP contribution in [0, 0.1) is 6.92 Å². The number of fused-ring (bicyclic) bond motifs is 2. The number of hydrogen-bond donors (Lipinski definition) is 2. The van der Waals surface area contributed by atoms with Gasteiger partial charge in [0.1, 0.15) is 6.33 Å². The number of ketones is 1. The van der Waals surface area contributed by atoms with Gasteiger partial charge in [-0.1, -0.05) is 17.8 Å². The molecular weight excluding hydrogens is 436 g/mol. The summed E-state index contributed by atoms with van der Waals surface area (Å²) < 4.78 is 29.3. The first-order chi connectivity index (χ1) is 14.8. The van der Waals surface area contributed by atoms with Crippen molar-refractivity contribution in [2.45, 2.75) is 55.2 Å². The fourth-order valence-electron chi connectivity index (χ4n) is 3.74. The van der Waals surface area contributed by atoms with Gasteiger partial charge in [-0.15, -0.1) is 0 Å². The maximum atomic E-state index is 12.4. The molecule has 0 spiro atoms. The van der Waals surface area contributed by atoms with Gasteiger partial charge in [-0.25, -0.2) is 28.1 Å². The fraction of sp³-hybridized carbons (Fsp3) is 0.400. The number of sulfonamides is 1. The second-order valence-electron chi connectivity index (χ2n) is 7.99. The normalized spacial score (nSPS) is 16.2. The number of carbonyl (C=O) groups excluding carboxylic acids is 1. The maximum absolute atomic E-state index is 12.4. The number of nitrogens with one attached hydrogen (secondary N) is 1. The number of nitrogens with zero attached hydrogens (tertiary/aromatic N) is 4. The minimum atomic E-state index is -3.41. The number of nitrogens with two attached hydrogens (primary N) is 1. The van der Waals surface area contributed by atoms with Crippen LogP contribution in [-0.2, 0) is 23.0 Å². The van der Waals surface area contributed by atoms with E-state index < -0.39 is 10.0 Å². The number of benzene rings is 1. The summed E-state index contributed by atoms with van der Waals surface area (Å²) in [6.45, 7) is 2.18. The molecule has 0 amide bonds. The molecule has 2 aliphatic rings. The van der Waals surface area contributed by atoms with Crippen LogP contribution in [0.15, 0.2) is 28.5 Å². The average Bonchev–Trinajstić information content (AvgIpc) is 3.34. The molecular formula is C20H22N6O3S2. The zero-order valence-electron chi connectivity index (χ0n) is 17.0. The van der Waals surface area contributed by atoms with Gasteiger partial charge in [0.2, 0.25) is 10.0 Å². The van der Waals surface area contributed by atoms with Gasteiger partial charge in [0, 0.05) is 29.5 Å². The van der Waals surface area contributed by atoms with Crippen LogP contribution >= 0.6 is 11.8 Å². The number of nitrogen functional groups attached to an aromatic ring is 1. The SMILES string of the molecule is Cc1cc2c(cc1Sc1nc3c(N)ncnc3n1CCS(=O)(=O)NC1CC1)C(=O)CC2. The molecule has 0 unspecified atom stereocenters. The minimum absolute atomic E-state index is 0.0583. The van der Waals surface area contributed by atoms with Crippen LogP contribution in [0.3, 0.4) is 0 Å². The van der Waals surface area contributed by atoms with E-state index in [4.69, 9.17) is 5.73 Å². The number of rotatable bonds is 7. The number of aryl methyl sites for hydroxylation is 3. The second-order valence-corrected chi connectivity index (χ2v) is 10.9. The lowest BCUT2D eigenvalue weighted by molar-refractivity contribution is 0.0994. The van der Waals surface area contributed by atoms with Gasteiger partial charge in [0.15, 0.2) is 27.9 Å². The molecule has 2 aliphatic carbocycles. The predicted octanol–water partition coefficient (Wildman–Crippen LogP) is 2.08. The van der Waals surface area contributed by atoms with Crippen molar-refractivity contribution in [1.82, 2.24) is 24.2 Å². The third-order valence-corrected chi connectivity index (χ3v) is 8.12. The van der Waals surface area contributed by atoms with Crippen LogP contribution in [0.5, 0.6) is 0 Å². The minimum Gasteiger partial charge on any atom is -0.382 e. The number of imidazole rings is 1. The Morgan fingerprint density at radius 2 is 2.06 bits per heavy atom. The molecule has 1 saturated carbocycles. The molecule has 0 saturated heterocycles. The highest BCUT2D eigenvalue weighted by molar-refractivity contribution is 7.99. The van der Waals surface area contributed by atoms with E-state index in [1.165, 1.54) is 18.1 Å². The lowest BCUT2D eigenvalue weighted by atomic mass is 10.1. The Balaban J connectivity index is 1.51. The number of carbonyl (C=O) groups is 1. The van der Waals surface area contributed by atoms with Crippen LogP contribution in [0.25, 0.3) is 11.2 Å². The van der Waals surface area contributed by atoms with Crippen LogP contribution in [-0.4, -0.2) is 45.5 Å². The Labute approximate surface area is 183 Å². The summed E-state index contributed by atoms with van der Waals surface area (Å²) in [6, 6.07) is 4.02. The summed E-state index contributed by atoms with van der Waals surface area (Å²) in [6.07, 6.45) is 4.43. The van der Waals surface area contributed by atoms with Crippen molar-refractivity contribution >= 4 is 44.6 Å². The van der Waals surface area contributed by atoms with Crippen molar-refractivity contribution in [2.75, 3.05) is 11.5 Å². The molecule has 0 bridgehead atoms. The molecule has 0 radical (unpaired) electrons. The molecule has 2 heterocycles. The summed E-state index contributed by atoms with van der Waals surface area (Å²) in [5, 5.41) is 0.567. The van der Waals surface area contributed by atoms with Crippen LogP contribution in [0.1, 0.15) is 40.7 Å². The zero-order chi connectivity index (χ0) is 21.8. The van der Waals surface area contributed by atoms with Crippen molar-refractivity contribution in [1.29, 1.82) is 0 Å². The van der Waals surface area contributed by atoms with Gasteiger partial charge in [-0.2, -0.15) is 0 Å².